The van der Waals surface area contributed by atoms with Crippen molar-refractivity contribution in [3.63, 3.8) is 0 Å². The molecular formula is C22H26N4O2S. The van der Waals surface area contributed by atoms with Gasteiger partial charge in [0.2, 0.25) is 5.95 Å². The van der Waals surface area contributed by atoms with E-state index in [0.29, 0.717) is 0 Å². The number of methoxy groups -OCH3 is 1. The van der Waals surface area contributed by atoms with Gasteiger partial charge in [0, 0.05) is 38.1 Å². The number of ether oxygens (including phenoxy) is 1. The standard InChI is InChI=1S/C22H26N4O2S/c1-24-21(27)19-15-7-3-6-10-18(15)29-20(19)23-22(24)26-13-11-25(12-14-26)16-8-4-5-9-17(16)28-2/h4-5,8-9H,3,6-7,10-14H2,1-2H3. The Labute approximate surface area is 174 Å². The first-order valence-electron chi connectivity index (χ1n) is 10.3. The molecule has 0 unspecified atom stereocenters. The van der Waals surface area contributed by atoms with Crippen molar-refractivity contribution in [3.05, 3.63) is 45.1 Å². The Bertz CT molecular complexity index is 1110. The third-order valence-corrected chi connectivity index (χ3v) is 7.35. The van der Waals surface area contributed by atoms with Crippen molar-refractivity contribution in [1.82, 2.24) is 9.55 Å². The van der Waals surface area contributed by atoms with Crippen molar-refractivity contribution in [3.8, 4) is 5.75 Å². The lowest BCUT2D eigenvalue weighted by atomic mass is 9.97. The first kappa shape index (κ1) is 18.5. The van der Waals surface area contributed by atoms with Crippen molar-refractivity contribution in [1.29, 1.82) is 0 Å². The van der Waals surface area contributed by atoms with Crippen LogP contribution in [-0.4, -0.2) is 42.8 Å². The summed E-state index contributed by atoms with van der Waals surface area (Å²) in [4.78, 5) is 25.0. The molecule has 152 valence electrons. The Hall–Kier alpha value is -2.54. The van der Waals surface area contributed by atoms with Gasteiger partial charge in [-0.05, 0) is 43.4 Å². The van der Waals surface area contributed by atoms with Crippen LogP contribution in [0.2, 0.25) is 0 Å². The van der Waals surface area contributed by atoms with Gasteiger partial charge in [0.1, 0.15) is 10.6 Å². The zero-order valence-corrected chi connectivity index (χ0v) is 17.8. The molecule has 0 atom stereocenters. The first-order valence-corrected chi connectivity index (χ1v) is 11.1. The van der Waals surface area contributed by atoms with E-state index in [1.165, 1.54) is 23.3 Å². The molecule has 0 saturated carbocycles. The van der Waals surface area contributed by atoms with Gasteiger partial charge in [-0.25, -0.2) is 4.98 Å². The Morgan fingerprint density at radius 1 is 1.03 bits per heavy atom. The van der Waals surface area contributed by atoms with Crippen LogP contribution in [0.15, 0.2) is 29.1 Å². The fraction of sp³-hybridized carbons (Fsp3) is 0.455. The minimum absolute atomic E-state index is 0.108. The molecule has 1 aromatic carbocycles. The van der Waals surface area contributed by atoms with Crippen molar-refractivity contribution in [2.75, 3.05) is 43.1 Å². The number of piperazine rings is 1. The van der Waals surface area contributed by atoms with E-state index < -0.39 is 0 Å². The van der Waals surface area contributed by atoms with Crippen LogP contribution in [0.5, 0.6) is 5.75 Å². The quantitative estimate of drug-likeness (QED) is 0.664. The molecule has 1 aliphatic carbocycles. The molecule has 2 aliphatic rings. The van der Waals surface area contributed by atoms with Crippen LogP contribution in [0, 0.1) is 0 Å². The predicted molar refractivity (Wildman–Crippen MR) is 119 cm³/mol. The average Bonchev–Trinajstić information content (AvgIpc) is 3.15. The smallest absolute Gasteiger partial charge is 0.263 e. The highest BCUT2D eigenvalue weighted by molar-refractivity contribution is 7.18. The summed E-state index contributed by atoms with van der Waals surface area (Å²) in [6, 6.07) is 8.14. The first-order chi connectivity index (χ1) is 14.2. The van der Waals surface area contributed by atoms with Crippen LogP contribution in [-0.2, 0) is 19.9 Å². The second-order valence-corrected chi connectivity index (χ2v) is 8.90. The molecule has 2 aromatic heterocycles. The van der Waals surface area contributed by atoms with E-state index in [1.54, 1.807) is 23.0 Å². The second kappa shape index (κ2) is 7.37. The molecular weight excluding hydrogens is 384 g/mol. The highest BCUT2D eigenvalue weighted by atomic mass is 32.1. The van der Waals surface area contributed by atoms with Crippen LogP contribution in [0.25, 0.3) is 10.2 Å². The summed E-state index contributed by atoms with van der Waals surface area (Å²) in [5, 5.41) is 0.864. The molecule has 5 rings (SSSR count). The van der Waals surface area contributed by atoms with Crippen molar-refractivity contribution in [2.24, 2.45) is 7.05 Å². The second-order valence-electron chi connectivity index (χ2n) is 7.81. The summed E-state index contributed by atoms with van der Waals surface area (Å²) in [5.41, 5.74) is 2.49. The number of hydrogen-bond acceptors (Lipinski definition) is 6. The van der Waals surface area contributed by atoms with Crippen LogP contribution in [0.4, 0.5) is 11.6 Å². The van der Waals surface area contributed by atoms with Crippen LogP contribution < -0.4 is 20.1 Å². The molecule has 3 aromatic rings. The highest BCUT2D eigenvalue weighted by Crippen LogP contribution is 2.35. The topological polar surface area (TPSA) is 50.6 Å². The summed E-state index contributed by atoms with van der Waals surface area (Å²) in [6.45, 7) is 3.40. The van der Waals surface area contributed by atoms with E-state index in [-0.39, 0.29) is 5.56 Å². The fourth-order valence-electron chi connectivity index (χ4n) is 4.60. The monoisotopic (exact) mass is 410 g/mol. The van der Waals surface area contributed by atoms with E-state index in [9.17, 15) is 4.79 Å². The van der Waals surface area contributed by atoms with Gasteiger partial charge in [0.05, 0.1) is 18.2 Å². The molecule has 1 aliphatic heterocycles. The number of fused-ring (bicyclic) bond motifs is 3. The molecule has 0 amide bonds. The lowest BCUT2D eigenvalue weighted by molar-refractivity contribution is 0.413. The maximum atomic E-state index is 13.2. The molecule has 0 radical (unpaired) electrons. The maximum Gasteiger partial charge on any atom is 0.263 e. The number of nitrogens with zero attached hydrogens (tertiary/aromatic N) is 4. The number of rotatable bonds is 3. The zero-order valence-electron chi connectivity index (χ0n) is 17.0. The van der Waals surface area contributed by atoms with Gasteiger partial charge in [0.25, 0.3) is 5.56 Å². The molecule has 0 bridgehead atoms. The Morgan fingerprint density at radius 2 is 1.76 bits per heavy atom. The van der Waals surface area contributed by atoms with E-state index >= 15 is 0 Å². The number of hydrogen-bond donors (Lipinski definition) is 0. The highest BCUT2D eigenvalue weighted by Gasteiger charge is 2.25. The van der Waals surface area contributed by atoms with Gasteiger partial charge in [0.15, 0.2) is 0 Å². The average molecular weight is 411 g/mol. The minimum Gasteiger partial charge on any atom is -0.495 e. The minimum atomic E-state index is 0.108. The van der Waals surface area contributed by atoms with Gasteiger partial charge >= 0.3 is 0 Å². The number of aryl methyl sites for hydroxylation is 2. The Balaban J connectivity index is 1.44. The third-order valence-electron chi connectivity index (χ3n) is 6.16. The summed E-state index contributed by atoms with van der Waals surface area (Å²) >= 11 is 1.73. The SMILES string of the molecule is COc1ccccc1N1CCN(c2nc3sc4c(c3c(=O)n2C)CCCC4)CC1. The van der Waals surface area contributed by atoms with Crippen molar-refractivity contribution in [2.45, 2.75) is 25.7 Å². The predicted octanol–water partition coefficient (Wildman–Crippen LogP) is 3.21. The normalized spacial score (nSPS) is 16.9. The molecule has 7 heteroatoms. The molecule has 29 heavy (non-hydrogen) atoms. The van der Waals surface area contributed by atoms with Gasteiger partial charge in [-0.3, -0.25) is 9.36 Å². The number of thiophene rings is 1. The van der Waals surface area contributed by atoms with Gasteiger partial charge in [-0.15, -0.1) is 11.3 Å². The molecule has 0 spiro atoms. The largest absolute Gasteiger partial charge is 0.495 e. The summed E-state index contributed by atoms with van der Waals surface area (Å²) in [7, 11) is 3.58. The Morgan fingerprint density at radius 3 is 2.55 bits per heavy atom. The number of benzene rings is 1. The molecule has 1 saturated heterocycles. The van der Waals surface area contributed by atoms with E-state index in [1.807, 2.05) is 25.2 Å². The molecule has 0 N–H and O–H groups in total. The van der Waals surface area contributed by atoms with Gasteiger partial charge in [-0.1, -0.05) is 12.1 Å². The Kier molecular flexibility index (Phi) is 4.70. The fourth-order valence-corrected chi connectivity index (χ4v) is 5.84. The lowest BCUT2D eigenvalue weighted by Crippen LogP contribution is -2.48. The number of aromatic nitrogens is 2. The molecule has 1 fully saturated rings. The van der Waals surface area contributed by atoms with E-state index in [4.69, 9.17) is 9.72 Å². The number of anilines is 2. The number of para-hydroxylation sites is 2. The van der Waals surface area contributed by atoms with E-state index in [2.05, 4.69) is 15.9 Å². The molecule has 3 heterocycles. The van der Waals surface area contributed by atoms with E-state index in [0.717, 1.165) is 66.6 Å². The third kappa shape index (κ3) is 3.08. The van der Waals surface area contributed by atoms with Gasteiger partial charge < -0.3 is 14.5 Å². The summed E-state index contributed by atoms with van der Waals surface area (Å²) in [5.74, 6) is 1.69. The van der Waals surface area contributed by atoms with Crippen LogP contribution in [0.1, 0.15) is 23.3 Å². The lowest BCUT2D eigenvalue weighted by Gasteiger charge is -2.37. The van der Waals surface area contributed by atoms with Crippen LogP contribution >= 0.6 is 11.3 Å². The molecule has 6 nitrogen and oxygen atoms in total. The zero-order chi connectivity index (χ0) is 20.0. The maximum absolute atomic E-state index is 13.2. The van der Waals surface area contributed by atoms with Gasteiger partial charge in [-0.2, -0.15) is 0 Å². The van der Waals surface area contributed by atoms with Crippen molar-refractivity contribution >= 4 is 33.2 Å². The summed E-state index contributed by atoms with van der Waals surface area (Å²) < 4.78 is 7.27. The summed E-state index contributed by atoms with van der Waals surface area (Å²) in [6.07, 6.45) is 4.50. The van der Waals surface area contributed by atoms with Crippen LogP contribution in [0.3, 0.4) is 0 Å². The van der Waals surface area contributed by atoms with Crippen molar-refractivity contribution < 1.29 is 4.74 Å².